The molecule has 30 heavy (non-hydrogen) atoms. The summed E-state index contributed by atoms with van der Waals surface area (Å²) in [5.74, 6) is -0.665. The fraction of sp³-hybridized carbons (Fsp3) is 0.0870. The molecule has 0 fully saturated rings. The van der Waals surface area contributed by atoms with Crippen LogP contribution in [-0.4, -0.2) is 35.6 Å². The average molecular weight is 440 g/mol. The lowest BCUT2D eigenvalue weighted by Crippen LogP contribution is -2.33. The summed E-state index contributed by atoms with van der Waals surface area (Å²) in [5.41, 5.74) is 1.49. The normalized spacial score (nSPS) is 12.8. The van der Waals surface area contributed by atoms with Gasteiger partial charge in [0.1, 0.15) is 12.4 Å². The van der Waals surface area contributed by atoms with Gasteiger partial charge in [-0.05, 0) is 54.6 Å². The van der Waals surface area contributed by atoms with Crippen LogP contribution in [0.25, 0.3) is 0 Å². The third-order valence-corrected chi connectivity index (χ3v) is 5.23. The minimum absolute atomic E-state index is 0.0357. The van der Waals surface area contributed by atoms with Gasteiger partial charge in [-0.25, -0.2) is 0 Å². The smallest absolute Gasteiger partial charge is 0.261 e. The SMILES string of the molecule is O=C(c1ccc(Cl)cc1)c1cc(Cl)ccc1OCCN1C(=O)c2ccccc2C1=O. The zero-order valence-electron chi connectivity index (χ0n) is 15.6. The van der Waals surface area contributed by atoms with Crippen LogP contribution in [-0.2, 0) is 0 Å². The summed E-state index contributed by atoms with van der Waals surface area (Å²) < 4.78 is 5.76. The summed E-state index contributed by atoms with van der Waals surface area (Å²) in [6.07, 6.45) is 0. The van der Waals surface area contributed by atoms with Crippen LogP contribution in [0.2, 0.25) is 10.0 Å². The van der Waals surface area contributed by atoms with E-state index in [1.807, 2.05) is 0 Å². The Morgan fingerprint density at radius 3 is 2.07 bits per heavy atom. The van der Waals surface area contributed by atoms with E-state index < -0.39 is 0 Å². The fourth-order valence-electron chi connectivity index (χ4n) is 3.25. The quantitative estimate of drug-likeness (QED) is 0.404. The van der Waals surface area contributed by atoms with Crippen molar-refractivity contribution in [3.05, 3.63) is 99.0 Å². The summed E-state index contributed by atoms with van der Waals surface area (Å²) in [4.78, 5) is 38.9. The molecule has 0 aliphatic carbocycles. The molecule has 7 heteroatoms. The molecule has 5 nitrogen and oxygen atoms in total. The van der Waals surface area contributed by atoms with Gasteiger partial charge < -0.3 is 4.74 Å². The summed E-state index contributed by atoms with van der Waals surface area (Å²) in [6, 6.07) is 17.9. The Bertz CT molecular complexity index is 1120. The van der Waals surface area contributed by atoms with E-state index in [1.54, 1.807) is 60.7 Å². The highest BCUT2D eigenvalue weighted by atomic mass is 35.5. The van der Waals surface area contributed by atoms with Gasteiger partial charge in [0.05, 0.1) is 23.2 Å². The van der Waals surface area contributed by atoms with Crippen LogP contribution in [0.1, 0.15) is 36.6 Å². The number of amides is 2. The molecule has 1 heterocycles. The predicted molar refractivity (Wildman–Crippen MR) is 114 cm³/mol. The number of benzene rings is 3. The Morgan fingerprint density at radius 2 is 1.43 bits per heavy atom. The van der Waals surface area contributed by atoms with E-state index in [0.717, 1.165) is 4.90 Å². The van der Waals surface area contributed by atoms with Crippen molar-refractivity contribution in [3.8, 4) is 5.75 Å². The van der Waals surface area contributed by atoms with Gasteiger partial charge >= 0.3 is 0 Å². The molecule has 0 N–H and O–H groups in total. The molecule has 1 aliphatic rings. The molecule has 0 radical (unpaired) electrons. The molecule has 3 aromatic carbocycles. The van der Waals surface area contributed by atoms with Crippen molar-refractivity contribution in [1.82, 2.24) is 4.90 Å². The van der Waals surface area contributed by atoms with Gasteiger partial charge in [0.2, 0.25) is 0 Å². The van der Waals surface area contributed by atoms with Gasteiger partial charge in [0, 0.05) is 15.6 Å². The number of ketones is 1. The van der Waals surface area contributed by atoms with Crippen LogP contribution in [0.4, 0.5) is 0 Å². The fourth-order valence-corrected chi connectivity index (χ4v) is 3.55. The molecular formula is C23H15Cl2NO4. The van der Waals surface area contributed by atoms with E-state index in [-0.39, 0.29) is 36.3 Å². The summed E-state index contributed by atoms with van der Waals surface area (Å²) in [6.45, 7) is 0.0948. The number of ether oxygens (including phenoxy) is 1. The van der Waals surface area contributed by atoms with Crippen molar-refractivity contribution in [3.63, 3.8) is 0 Å². The van der Waals surface area contributed by atoms with E-state index in [9.17, 15) is 14.4 Å². The second-order valence-corrected chi connectivity index (χ2v) is 7.51. The zero-order chi connectivity index (χ0) is 21.3. The van der Waals surface area contributed by atoms with Gasteiger partial charge in [-0.15, -0.1) is 0 Å². The predicted octanol–water partition coefficient (Wildman–Crippen LogP) is 4.90. The number of hydrogen-bond donors (Lipinski definition) is 0. The Morgan fingerprint density at radius 1 is 0.833 bits per heavy atom. The lowest BCUT2D eigenvalue weighted by atomic mass is 10.0. The van der Waals surface area contributed by atoms with Gasteiger partial charge in [-0.1, -0.05) is 35.3 Å². The Balaban J connectivity index is 1.50. The molecule has 0 unspecified atom stereocenters. The van der Waals surface area contributed by atoms with Crippen LogP contribution in [0, 0.1) is 0 Å². The molecule has 0 aromatic heterocycles. The first-order valence-electron chi connectivity index (χ1n) is 9.13. The van der Waals surface area contributed by atoms with Crippen molar-refractivity contribution >= 4 is 40.8 Å². The number of imide groups is 1. The second kappa shape index (κ2) is 8.30. The van der Waals surface area contributed by atoms with Gasteiger partial charge in [-0.2, -0.15) is 0 Å². The number of nitrogens with zero attached hydrogens (tertiary/aromatic N) is 1. The number of rotatable bonds is 6. The third kappa shape index (κ3) is 3.82. The molecule has 0 atom stereocenters. The maximum absolute atomic E-state index is 12.9. The lowest BCUT2D eigenvalue weighted by molar-refractivity contribution is 0.0630. The first-order valence-corrected chi connectivity index (χ1v) is 9.89. The molecular weight excluding hydrogens is 425 g/mol. The van der Waals surface area contributed by atoms with Crippen LogP contribution in [0.15, 0.2) is 66.7 Å². The van der Waals surface area contributed by atoms with Crippen LogP contribution in [0.5, 0.6) is 5.75 Å². The highest BCUT2D eigenvalue weighted by Crippen LogP contribution is 2.27. The van der Waals surface area contributed by atoms with Crippen molar-refractivity contribution in [2.24, 2.45) is 0 Å². The molecule has 2 amide bonds. The summed E-state index contributed by atoms with van der Waals surface area (Å²) in [5, 5.41) is 0.912. The largest absolute Gasteiger partial charge is 0.491 e. The van der Waals surface area contributed by atoms with Crippen molar-refractivity contribution < 1.29 is 19.1 Å². The molecule has 1 aliphatic heterocycles. The molecule has 0 saturated heterocycles. The first-order chi connectivity index (χ1) is 14.5. The van der Waals surface area contributed by atoms with Crippen molar-refractivity contribution in [2.75, 3.05) is 13.2 Å². The Labute approximate surface area is 182 Å². The second-order valence-electron chi connectivity index (χ2n) is 6.63. The zero-order valence-corrected chi connectivity index (χ0v) is 17.1. The van der Waals surface area contributed by atoms with Gasteiger partial charge in [0.25, 0.3) is 11.8 Å². The number of carbonyl (C=O) groups is 3. The maximum Gasteiger partial charge on any atom is 0.261 e. The van der Waals surface area contributed by atoms with Gasteiger partial charge in [-0.3, -0.25) is 19.3 Å². The number of halogens is 2. The minimum atomic E-state index is -0.354. The molecule has 3 aromatic rings. The Kier molecular flexibility index (Phi) is 5.57. The molecule has 150 valence electrons. The van der Waals surface area contributed by atoms with Gasteiger partial charge in [0.15, 0.2) is 5.78 Å². The Hall–Kier alpha value is -3.15. The maximum atomic E-state index is 12.9. The van der Waals surface area contributed by atoms with E-state index in [1.165, 1.54) is 6.07 Å². The average Bonchev–Trinajstić information content (AvgIpc) is 3.00. The summed E-state index contributed by atoms with van der Waals surface area (Å²) >= 11 is 12.0. The topological polar surface area (TPSA) is 63.7 Å². The van der Waals surface area contributed by atoms with Crippen LogP contribution < -0.4 is 4.74 Å². The molecule has 0 bridgehead atoms. The summed E-state index contributed by atoms with van der Waals surface area (Å²) in [7, 11) is 0. The molecule has 0 saturated carbocycles. The monoisotopic (exact) mass is 439 g/mol. The van der Waals surface area contributed by atoms with E-state index in [0.29, 0.717) is 32.5 Å². The van der Waals surface area contributed by atoms with Crippen LogP contribution in [0.3, 0.4) is 0 Å². The van der Waals surface area contributed by atoms with Crippen molar-refractivity contribution in [1.29, 1.82) is 0 Å². The standard InChI is InChI=1S/C23H15Cl2NO4/c24-15-7-5-14(6-8-15)21(27)19-13-16(25)9-10-20(19)30-12-11-26-22(28)17-3-1-2-4-18(17)23(26)29/h1-10,13H,11-12H2. The van der Waals surface area contributed by atoms with Crippen molar-refractivity contribution in [2.45, 2.75) is 0 Å². The minimum Gasteiger partial charge on any atom is -0.491 e. The molecule has 0 spiro atoms. The molecule has 4 rings (SSSR count). The van der Waals surface area contributed by atoms with E-state index in [2.05, 4.69) is 0 Å². The number of carbonyl (C=O) groups excluding carboxylic acids is 3. The highest BCUT2D eigenvalue weighted by molar-refractivity contribution is 6.31. The van der Waals surface area contributed by atoms with Crippen LogP contribution >= 0.6 is 23.2 Å². The van der Waals surface area contributed by atoms with E-state index in [4.69, 9.17) is 27.9 Å². The van der Waals surface area contributed by atoms with E-state index >= 15 is 0 Å². The number of fused-ring (bicyclic) bond motifs is 1. The number of hydrogen-bond acceptors (Lipinski definition) is 4. The first kappa shape index (κ1) is 20.1. The third-order valence-electron chi connectivity index (χ3n) is 4.74. The lowest BCUT2D eigenvalue weighted by Gasteiger charge is -2.16. The highest BCUT2D eigenvalue weighted by Gasteiger charge is 2.34.